The molecule has 5 heteroatoms. The Labute approximate surface area is 137 Å². The Balaban J connectivity index is 2.25. The number of aromatic amines is 1. The second kappa shape index (κ2) is 6.77. The van der Waals surface area contributed by atoms with E-state index in [1.165, 1.54) is 0 Å². The van der Waals surface area contributed by atoms with E-state index in [0.717, 1.165) is 22.4 Å². The topological polar surface area (TPSA) is 63.3 Å². The van der Waals surface area contributed by atoms with Crippen LogP contribution in [0.25, 0.3) is 0 Å². The zero-order valence-corrected chi connectivity index (χ0v) is 14.5. The van der Waals surface area contributed by atoms with Gasteiger partial charge in [-0.25, -0.2) is 0 Å². The molecule has 0 aliphatic carbocycles. The lowest BCUT2D eigenvalue weighted by Crippen LogP contribution is -2.28. The summed E-state index contributed by atoms with van der Waals surface area (Å²) in [6.45, 7) is 7.80. The van der Waals surface area contributed by atoms with Crippen LogP contribution in [0.3, 0.4) is 0 Å². The molecule has 0 aliphatic rings. The minimum Gasteiger partial charge on any atom is -0.493 e. The van der Waals surface area contributed by atoms with Crippen molar-refractivity contribution in [3.63, 3.8) is 0 Å². The fraction of sp³-hybridized carbons (Fsp3) is 0.389. The van der Waals surface area contributed by atoms with E-state index < -0.39 is 0 Å². The summed E-state index contributed by atoms with van der Waals surface area (Å²) in [6.07, 6.45) is 0. The van der Waals surface area contributed by atoms with Gasteiger partial charge in [-0.1, -0.05) is 0 Å². The van der Waals surface area contributed by atoms with Crippen molar-refractivity contribution in [1.29, 1.82) is 0 Å². The molecule has 2 aromatic rings. The summed E-state index contributed by atoms with van der Waals surface area (Å²) < 4.78 is 10.7. The number of nitrogens with one attached hydrogen (secondary N) is 2. The normalized spacial score (nSPS) is 11.9. The highest BCUT2D eigenvalue weighted by molar-refractivity contribution is 5.94. The first-order chi connectivity index (χ1) is 10.9. The number of rotatable bonds is 5. The molecule has 0 fully saturated rings. The predicted octanol–water partition coefficient (Wildman–Crippen LogP) is 3.45. The number of hydrogen-bond donors (Lipinski definition) is 2. The number of carbonyl (C=O) groups excluding carboxylic acids is 1. The number of hydrogen-bond acceptors (Lipinski definition) is 3. The van der Waals surface area contributed by atoms with Crippen molar-refractivity contribution < 1.29 is 14.3 Å². The molecule has 0 saturated heterocycles. The van der Waals surface area contributed by atoms with E-state index in [4.69, 9.17) is 9.47 Å². The van der Waals surface area contributed by atoms with Crippen molar-refractivity contribution in [2.45, 2.75) is 33.7 Å². The SMILES string of the molecule is COc1cc(C)c([C@H](C)NC(=O)c2[nH]c(C)cc2C)cc1OC. The molecule has 1 aromatic heterocycles. The summed E-state index contributed by atoms with van der Waals surface area (Å²) in [5, 5.41) is 3.03. The summed E-state index contributed by atoms with van der Waals surface area (Å²) in [5.74, 6) is 1.22. The molecule has 5 nitrogen and oxygen atoms in total. The fourth-order valence-corrected chi connectivity index (χ4v) is 2.77. The van der Waals surface area contributed by atoms with Crippen molar-refractivity contribution in [2.75, 3.05) is 14.2 Å². The van der Waals surface area contributed by atoms with Gasteiger partial charge in [0, 0.05) is 5.69 Å². The molecule has 1 amide bonds. The smallest absolute Gasteiger partial charge is 0.268 e. The minimum absolute atomic E-state index is 0.114. The van der Waals surface area contributed by atoms with Gasteiger partial charge in [0.05, 0.1) is 20.3 Å². The van der Waals surface area contributed by atoms with Crippen LogP contribution in [0.4, 0.5) is 0 Å². The number of ether oxygens (including phenoxy) is 2. The molecule has 23 heavy (non-hydrogen) atoms. The van der Waals surface area contributed by atoms with Gasteiger partial charge < -0.3 is 19.8 Å². The molecular formula is C18H24N2O3. The average molecular weight is 316 g/mol. The Hall–Kier alpha value is -2.43. The molecule has 2 N–H and O–H groups in total. The van der Waals surface area contributed by atoms with Crippen LogP contribution in [0.5, 0.6) is 11.5 Å². The van der Waals surface area contributed by atoms with E-state index in [1.54, 1.807) is 14.2 Å². The van der Waals surface area contributed by atoms with E-state index in [-0.39, 0.29) is 11.9 Å². The Morgan fingerprint density at radius 2 is 1.65 bits per heavy atom. The Morgan fingerprint density at radius 3 is 2.17 bits per heavy atom. The van der Waals surface area contributed by atoms with Crippen LogP contribution in [0.1, 0.15) is 45.8 Å². The molecule has 1 aromatic carbocycles. The van der Waals surface area contributed by atoms with Crippen molar-refractivity contribution in [2.24, 2.45) is 0 Å². The maximum Gasteiger partial charge on any atom is 0.268 e. The van der Waals surface area contributed by atoms with E-state index in [2.05, 4.69) is 10.3 Å². The summed E-state index contributed by atoms with van der Waals surface area (Å²) in [4.78, 5) is 15.6. The number of aryl methyl sites for hydroxylation is 3. The van der Waals surface area contributed by atoms with Gasteiger partial charge in [0.15, 0.2) is 11.5 Å². The van der Waals surface area contributed by atoms with Gasteiger partial charge in [-0.05, 0) is 62.6 Å². The summed E-state index contributed by atoms with van der Waals surface area (Å²) in [6, 6.07) is 5.64. The summed E-state index contributed by atoms with van der Waals surface area (Å²) in [7, 11) is 3.21. The molecule has 0 spiro atoms. The third kappa shape index (κ3) is 3.50. The average Bonchev–Trinajstić information content (AvgIpc) is 2.85. The van der Waals surface area contributed by atoms with Crippen LogP contribution in [0, 0.1) is 20.8 Å². The first kappa shape index (κ1) is 16.9. The first-order valence-corrected chi connectivity index (χ1v) is 7.57. The second-order valence-corrected chi connectivity index (χ2v) is 5.77. The van der Waals surface area contributed by atoms with Gasteiger partial charge in [-0.3, -0.25) is 4.79 Å². The molecule has 124 valence electrons. The minimum atomic E-state index is -0.148. The Bertz CT molecular complexity index is 719. The van der Waals surface area contributed by atoms with Crippen molar-refractivity contribution >= 4 is 5.91 Å². The molecule has 1 atom stereocenters. The van der Waals surface area contributed by atoms with Crippen molar-refractivity contribution in [3.05, 3.63) is 46.3 Å². The van der Waals surface area contributed by atoms with Crippen molar-refractivity contribution in [1.82, 2.24) is 10.3 Å². The maximum absolute atomic E-state index is 12.5. The third-order valence-corrected chi connectivity index (χ3v) is 3.96. The lowest BCUT2D eigenvalue weighted by Gasteiger charge is -2.19. The second-order valence-electron chi connectivity index (χ2n) is 5.77. The monoisotopic (exact) mass is 316 g/mol. The standard InChI is InChI=1S/C18H24N2O3/c1-10-8-15(22-5)16(23-6)9-14(10)13(4)20-18(21)17-11(2)7-12(3)19-17/h7-9,13,19H,1-6H3,(H,20,21)/t13-/m0/s1. The highest BCUT2D eigenvalue weighted by Crippen LogP contribution is 2.32. The van der Waals surface area contributed by atoms with Gasteiger partial charge in [-0.15, -0.1) is 0 Å². The number of H-pyrrole nitrogens is 1. The third-order valence-electron chi connectivity index (χ3n) is 3.96. The highest BCUT2D eigenvalue weighted by atomic mass is 16.5. The van der Waals surface area contributed by atoms with Crippen molar-refractivity contribution in [3.8, 4) is 11.5 Å². The number of benzene rings is 1. The molecule has 0 radical (unpaired) electrons. The van der Waals surface area contributed by atoms with E-state index in [0.29, 0.717) is 17.2 Å². The molecule has 2 rings (SSSR count). The van der Waals surface area contributed by atoms with Gasteiger partial charge >= 0.3 is 0 Å². The zero-order valence-electron chi connectivity index (χ0n) is 14.5. The van der Waals surface area contributed by atoms with Crippen LogP contribution in [-0.2, 0) is 0 Å². The van der Waals surface area contributed by atoms with Crippen LogP contribution in [0.15, 0.2) is 18.2 Å². The van der Waals surface area contributed by atoms with Gasteiger partial charge in [0.2, 0.25) is 0 Å². The van der Waals surface area contributed by atoms with Crippen LogP contribution < -0.4 is 14.8 Å². The fourth-order valence-electron chi connectivity index (χ4n) is 2.77. The zero-order chi connectivity index (χ0) is 17.1. The quantitative estimate of drug-likeness (QED) is 0.888. The number of amides is 1. The number of methoxy groups -OCH3 is 2. The van der Waals surface area contributed by atoms with Crippen LogP contribution in [-0.4, -0.2) is 25.1 Å². The van der Waals surface area contributed by atoms with E-state index >= 15 is 0 Å². The Kier molecular flexibility index (Phi) is 4.98. The van der Waals surface area contributed by atoms with E-state index in [1.807, 2.05) is 45.9 Å². The summed E-state index contributed by atoms with van der Waals surface area (Å²) >= 11 is 0. The van der Waals surface area contributed by atoms with Gasteiger partial charge in [0.25, 0.3) is 5.91 Å². The predicted molar refractivity (Wildman–Crippen MR) is 90.4 cm³/mol. The molecular weight excluding hydrogens is 292 g/mol. The Morgan fingerprint density at radius 1 is 1.04 bits per heavy atom. The number of aromatic nitrogens is 1. The first-order valence-electron chi connectivity index (χ1n) is 7.57. The van der Waals surface area contributed by atoms with E-state index in [9.17, 15) is 4.79 Å². The number of carbonyl (C=O) groups is 1. The highest BCUT2D eigenvalue weighted by Gasteiger charge is 2.18. The maximum atomic E-state index is 12.5. The lowest BCUT2D eigenvalue weighted by molar-refractivity contribution is 0.0934. The lowest BCUT2D eigenvalue weighted by atomic mass is 10.0. The summed E-state index contributed by atoms with van der Waals surface area (Å²) in [5.41, 5.74) is 4.55. The molecule has 0 aliphatic heterocycles. The molecule has 0 bridgehead atoms. The molecule has 0 unspecified atom stereocenters. The molecule has 0 saturated carbocycles. The van der Waals surface area contributed by atoms with Crippen LogP contribution in [0.2, 0.25) is 0 Å². The van der Waals surface area contributed by atoms with Gasteiger partial charge in [0.1, 0.15) is 5.69 Å². The largest absolute Gasteiger partial charge is 0.493 e. The van der Waals surface area contributed by atoms with Crippen LogP contribution >= 0.6 is 0 Å². The molecule has 1 heterocycles. The van der Waals surface area contributed by atoms with Gasteiger partial charge in [-0.2, -0.15) is 0 Å².